The van der Waals surface area contributed by atoms with Crippen molar-refractivity contribution < 1.29 is 47.2 Å². The predicted octanol–water partition coefficient (Wildman–Crippen LogP) is 12.4. The molecule has 0 amide bonds. The van der Waals surface area contributed by atoms with Crippen molar-refractivity contribution in [3.63, 3.8) is 0 Å². The van der Waals surface area contributed by atoms with Crippen molar-refractivity contribution >= 4 is 19.8 Å². The Balaban J connectivity index is 4.44. The van der Waals surface area contributed by atoms with Gasteiger partial charge in [0.25, 0.3) is 0 Å². The van der Waals surface area contributed by atoms with E-state index in [0.717, 1.165) is 57.8 Å². The number of hydrogen-bond donors (Lipinski definition) is 2. The predicted molar refractivity (Wildman–Crippen MR) is 244 cm³/mol. The molecule has 2 N–H and O–H groups in total. The highest BCUT2D eigenvalue weighted by atomic mass is 31.2. The molecule has 0 aromatic rings. The monoisotopic (exact) mass is 855 g/mol. The van der Waals surface area contributed by atoms with E-state index in [2.05, 4.69) is 32.1 Å². The fraction of sp³-hybridized carbons (Fsp3) is 0.792. The van der Waals surface area contributed by atoms with Gasteiger partial charge in [0.05, 0.1) is 33.9 Å². The third-order valence-electron chi connectivity index (χ3n) is 9.97. The normalized spacial score (nSPS) is 14.5. The molecule has 11 heteroatoms. The molecule has 59 heavy (non-hydrogen) atoms. The van der Waals surface area contributed by atoms with Gasteiger partial charge < -0.3 is 24.0 Å². The lowest BCUT2D eigenvalue weighted by molar-refractivity contribution is -0.870. The lowest BCUT2D eigenvalue weighted by Crippen LogP contribution is -2.37. The highest BCUT2D eigenvalue weighted by molar-refractivity contribution is 7.47. The van der Waals surface area contributed by atoms with E-state index in [9.17, 15) is 24.2 Å². The average molecular weight is 855 g/mol. The van der Waals surface area contributed by atoms with Crippen LogP contribution in [0.5, 0.6) is 0 Å². The lowest BCUT2D eigenvalue weighted by atomic mass is 10.0. The summed E-state index contributed by atoms with van der Waals surface area (Å²) in [7, 11) is 1.42. The number of phosphoric ester groups is 1. The number of aliphatic hydroxyl groups is 1. The largest absolute Gasteiger partial charge is 0.472 e. The molecule has 0 bridgehead atoms. The second kappa shape index (κ2) is 40.0. The number of aliphatic hydroxyl groups excluding tert-OH is 1. The molecule has 1 unspecified atom stereocenters. The average Bonchev–Trinajstić information content (AvgIpc) is 3.18. The van der Waals surface area contributed by atoms with E-state index in [1.165, 1.54) is 83.5 Å². The maximum Gasteiger partial charge on any atom is 0.472 e. The first-order valence-electron chi connectivity index (χ1n) is 23.5. The first kappa shape index (κ1) is 56.9. The topological polar surface area (TPSA) is 129 Å². The molecule has 0 spiro atoms. The van der Waals surface area contributed by atoms with Crippen LogP contribution in [0.15, 0.2) is 48.6 Å². The van der Waals surface area contributed by atoms with Crippen molar-refractivity contribution in [3.05, 3.63) is 48.6 Å². The minimum atomic E-state index is -4.40. The molecule has 0 aromatic carbocycles. The summed E-state index contributed by atoms with van der Waals surface area (Å²) in [6.45, 7) is 4.23. The number of nitrogens with zero attached hydrogens (tertiary/aromatic N) is 1. The molecular formula is C48H89NO9P+. The first-order chi connectivity index (χ1) is 28.4. The summed E-state index contributed by atoms with van der Waals surface area (Å²) in [5.74, 6) is -0.886. The van der Waals surface area contributed by atoms with Gasteiger partial charge in [0.2, 0.25) is 0 Å². The van der Waals surface area contributed by atoms with Gasteiger partial charge in [0.1, 0.15) is 19.8 Å². The van der Waals surface area contributed by atoms with Gasteiger partial charge in [-0.3, -0.25) is 18.6 Å². The molecular weight excluding hydrogens is 766 g/mol. The number of unbranched alkanes of at least 4 members (excludes halogenated alkanes) is 19. The zero-order valence-corrected chi connectivity index (χ0v) is 39.2. The number of quaternary nitrogens is 1. The maximum atomic E-state index is 12.7. The molecule has 344 valence electrons. The van der Waals surface area contributed by atoms with E-state index in [-0.39, 0.29) is 32.2 Å². The standard InChI is InChI=1S/C48H88NO9P/c1-6-8-10-11-12-13-14-15-16-17-18-19-22-26-29-32-36-40-48(52)58-46(44-57-59(53,54)56-42-41-49(3,4)5)43-55-47(51)39-35-31-28-25-23-20-21-24-27-30-34-38-45(50)37-33-9-7-2/h20-21,25,27-28,30,34,38,45-46,50H,6-19,22-24,26,29,31-33,35-37,39-44H2,1-5H3/p+1/b21-20-,28-25-,30-27-,38-34+/t45-,46-/m1/s1. The Morgan fingerprint density at radius 1 is 0.610 bits per heavy atom. The van der Waals surface area contributed by atoms with E-state index >= 15 is 0 Å². The minimum absolute atomic E-state index is 0.0156. The van der Waals surface area contributed by atoms with Crippen LogP contribution in [0.1, 0.15) is 187 Å². The summed E-state index contributed by atoms with van der Waals surface area (Å²) in [6.07, 6.45) is 43.5. The van der Waals surface area contributed by atoms with Crippen LogP contribution in [0.3, 0.4) is 0 Å². The Bertz CT molecular complexity index is 1160. The van der Waals surface area contributed by atoms with E-state index in [0.29, 0.717) is 30.3 Å². The van der Waals surface area contributed by atoms with E-state index in [1.54, 1.807) is 0 Å². The molecule has 10 nitrogen and oxygen atoms in total. The Hall–Kier alpha value is -2.07. The number of hydrogen-bond acceptors (Lipinski definition) is 8. The van der Waals surface area contributed by atoms with Crippen LogP contribution in [0.25, 0.3) is 0 Å². The van der Waals surface area contributed by atoms with Crippen molar-refractivity contribution in [2.75, 3.05) is 47.5 Å². The lowest BCUT2D eigenvalue weighted by Gasteiger charge is -2.24. The van der Waals surface area contributed by atoms with E-state index in [4.69, 9.17) is 18.5 Å². The molecule has 0 saturated carbocycles. The summed E-state index contributed by atoms with van der Waals surface area (Å²) in [4.78, 5) is 35.4. The van der Waals surface area contributed by atoms with Gasteiger partial charge >= 0.3 is 19.8 Å². The summed E-state index contributed by atoms with van der Waals surface area (Å²) in [6, 6.07) is 0. The number of likely N-dealkylation sites (N-methyl/N-ethyl adjacent to an activating group) is 1. The van der Waals surface area contributed by atoms with Crippen molar-refractivity contribution in [3.8, 4) is 0 Å². The smallest absolute Gasteiger partial charge is 0.462 e. The number of allylic oxidation sites excluding steroid dienone is 7. The van der Waals surface area contributed by atoms with Gasteiger partial charge in [0.15, 0.2) is 6.10 Å². The molecule has 0 saturated heterocycles. The number of carbonyl (C=O) groups excluding carboxylic acids is 2. The summed E-state index contributed by atoms with van der Waals surface area (Å²) in [5.41, 5.74) is 0. The Morgan fingerprint density at radius 3 is 1.69 bits per heavy atom. The number of phosphoric acid groups is 1. The van der Waals surface area contributed by atoms with Gasteiger partial charge in [-0.05, 0) is 38.5 Å². The zero-order chi connectivity index (χ0) is 43.7. The van der Waals surface area contributed by atoms with Crippen LogP contribution in [0, 0.1) is 0 Å². The fourth-order valence-corrected chi connectivity index (χ4v) is 6.98. The summed E-state index contributed by atoms with van der Waals surface area (Å²) >= 11 is 0. The first-order valence-corrected chi connectivity index (χ1v) is 25.0. The molecule has 0 heterocycles. The highest BCUT2D eigenvalue weighted by Crippen LogP contribution is 2.43. The molecule has 3 atom stereocenters. The van der Waals surface area contributed by atoms with Gasteiger partial charge in [-0.1, -0.05) is 184 Å². The van der Waals surface area contributed by atoms with E-state index in [1.807, 2.05) is 51.5 Å². The highest BCUT2D eigenvalue weighted by Gasteiger charge is 2.27. The SMILES string of the molecule is CCCCCCCCCCCCCCCCCCCC(=O)O[C@H](COC(=O)CCC/C=C\C/C=C\C/C=C\C=C\[C@H](O)CCCCC)COP(=O)(O)OCC[N+](C)(C)C. The quantitative estimate of drug-likeness (QED) is 0.0154. The van der Waals surface area contributed by atoms with Crippen LogP contribution >= 0.6 is 7.82 Å². The fourth-order valence-electron chi connectivity index (χ4n) is 6.24. The van der Waals surface area contributed by atoms with Crippen LogP contribution < -0.4 is 0 Å². The van der Waals surface area contributed by atoms with Crippen LogP contribution in [0.2, 0.25) is 0 Å². The molecule has 0 aromatic heterocycles. The van der Waals surface area contributed by atoms with Crippen LogP contribution in [-0.2, 0) is 32.7 Å². The van der Waals surface area contributed by atoms with Crippen LogP contribution in [-0.4, -0.2) is 86.1 Å². The van der Waals surface area contributed by atoms with Crippen molar-refractivity contribution in [1.29, 1.82) is 0 Å². The maximum absolute atomic E-state index is 12.7. The van der Waals surface area contributed by atoms with Gasteiger partial charge in [-0.2, -0.15) is 0 Å². The molecule has 0 fully saturated rings. The second-order valence-electron chi connectivity index (χ2n) is 17.0. The minimum Gasteiger partial charge on any atom is -0.462 e. The summed E-state index contributed by atoms with van der Waals surface area (Å²) in [5, 5.41) is 9.91. The third kappa shape index (κ3) is 43.8. The number of carbonyl (C=O) groups is 2. The second-order valence-corrected chi connectivity index (χ2v) is 18.4. The molecule has 0 aliphatic heterocycles. The Kier molecular flexibility index (Phi) is 38.6. The number of ether oxygens (including phenoxy) is 2. The third-order valence-corrected chi connectivity index (χ3v) is 11.0. The van der Waals surface area contributed by atoms with Gasteiger partial charge in [0, 0.05) is 12.8 Å². The van der Waals surface area contributed by atoms with E-state index < -0.39 is 32.5 Å². The van der Waals surface area contributed by atoms with Crippen molar-refractivity contribution in [2.45, 2.75) is 199 Å². The molecule has 0 rings (SSSR count). The molecule has 0 aliphatic carbocycles. The Morgan fingerprint density at radius 2 is 1.12 bits per heavy atom. The Labute approximate surface area is 361 Å². The van der Waals surface area contributed by atoms with Crippen molar-refractivity contribution in [1.82, 2.24) is 0 Å². The van der Waals surface area contributed by atoms with Gasteiger partial charge in [-0.25, -0.2) is 4.57 Å². The zero-order valence-electron chi connectivity index (χ0n) is 38.3. The van der Waals surface area contributed by atoms with Crippen LogP contribution in [0.4, 0.5) is 0 Å². The number of rotatable bonds is 42. The van der Waals surface area contributed by atoms with Crippen molar-refractivity contribution in [2.24, 2.45) is 0 Å². The number of esters is 2. The molecule has 0 radical (unpaired) electrons. The summed E-state index contributed by atoms with van der Waals surface area (Å²) < 4.78 is 34.3. The van der Waals surface area contributed by atoms with Gasteiger partial charge in [-0.15, -0.1) is 0 Å². The molecule has 0 aliphatic rings.